The third-order valence-corrected chi connectivity index (χ3v) is 3.60. The van der Waals surface area contributed by atoms with Crippen LogP contribution in [0.1, 0.15) is 36.1 Å². The number of aromatic nitrogens is 3. The Morgan fingerprint density at radius 3 is 2.79 bits per heavy atom. The minimum absolute atomic E-state index is 0.00396. The largest absolute Gasteiger partial charge is 0.305 e. The standard InChI is InChI=1S/C15H17N3O/c1-10-7-8-13(16-9-10)14-17-12-6-4-2-3-5-11(12)15(19)18-14/h7-9H,2-6H2,1H3,(H,17,18,19). The molecule has 1 aliphatic rings. The molecular weight excluding hydrogens is 238 g/mol. The topological polar surface area (TPSA) is 58.6 Å². The van der Waals surface area contributed by atoms with E-state index in [-0.39, 0.29) is 5.56 Å². The summed E-state index contributed by atoms with van der Waals surface area (Å²) in [6, 6.07) is 3.88. The molecule has 0 saturated heterocycles. The van der Waals surface area contributed by atoms with E-state index in [0.717, 1.165) is 48.2 Å². The quantitative estimate of drug-likeness (QED) is 0.796. The molecule has 19 heavy (non-hydrogen) atoms. The second-order valence-electron chi connectivity index (χ2n) is 5.12. The van der Waals surface area contributed by atoms with E-state index in [1.54, 1.807) is 6.20 Å². The van der Waals surface area contributed by atoms with Crippen molar-refractivity contribution in [2.45, 2.75) is 39.0 Å². The monoisotopic (exact) mass is 255 g/mol. The molecule has 1 aliphatic carbocycles. The maximum absolute atomic E-state index is 12.2. The molecule has 4 heteroatoms. The number of pyridine rings is 1. The number of H-pyrrole nitrogens is 1. The van der Waals surface area contributed by atoms with Gasteiger partial charge in [0.25, 0.3) is 5.56 Å². The molecule has 0 atom stereocenters. The van der Waals surface area contributed by atoms with Crippen LogP contribution in [-0.2, 0) is 12.8 Å². The molecule has 0 spiro atoms. The van der Waals surface area contributed by atoms with Gasteiger partial charge in [-0.05, 0) is 44.2 Å². The summed E-state index contributed by atoms with van der Waals surface area (Å²) in [5.74, 6) is 0.589. The van der Waals surface area contributed by atoms with Gasteiger partial charge in [-0.1, -0.05) is 12.5 Å². The Bertz CT molecular complexity index is 643. The molecule has 4 nitrogen and oxygen atoms in total. The Kier molecular flexibility index (Phi) is 3.15. The second kappa shape index (κ2) is 4.96. The minimum atomic E-state index is 0.00396. The number of fused-ring (bicyclic) bond motifs is 1. The Morgan fingerprint density at radius 2 is 2.00 bits per heavy atom. The van der Waals surface area contributed by atoms with Crippen LogP contribution in [0.2, 0.25) is 0 Å². The zero-order valence-corrected chi connectivity index (χ0v) is 11.1. The lowest BCUT2D eigenvalue weighted by atomic mass is 10.1. The Balaban J connectivity index is 2.08. The first-order chi connectivity index (χ1) is 9.24. The highest BCUT2D eigenvalue weighted by Gasteiger charge is 2.15. The zero-order chi connectivity index (χ0) is 13.2. The fraction of sp³-hybridized carbons (Fsp3) is 0.400. The predicted octanol–water partition coefficient (Wildman–Crippen LogP) is 2.41. The fourth-order valence-corrected chi connectivity index (χ4v) is 2.51. The van der Waals surface area contributed by atoms with Crippen LogP contribution in [0.5, 0.6) is 0 Å². The summed E-state index contributed by atoms with van der Waals surface area (Å²) in [6.45, 7) is 1.99. The van der Waals surface area contributed by atoms with Gasteiger partial charge in [-0.25, -0.2) is 4.98 Å². The second-order valence-corrected chi connectivity index (χ2v) is 5.12. The van der Waals surface area contributed by atoms with Crippen LogP contribution < -0.4 is 5.56 Å². The molecule has 0 unspecified atom stereocenters. The van der Waals surface area contributed by atoms with Gasteiger partial charge in [0.2, 0.25) is 0 Å². The third kappa shape index (κ3) is 2.43. The van der Waals surface area contributed by atoms with E-state index >= 15 is 0 Å². The summed E-state index contributed by atoms with van der Waals surface area (Å²) in [7, 11) is 0. The molecule has 2 aromatic rings. The maximum Gasteiger partial charge on any atom is 0.254 e. The van der Waals surface area contributed by atoms with E-state index in [1.165, 1.54) is 6.42 Å². The highest BCUT2D eigenvalue weighted by atomic mass is 16.1. The average Bonchev–Trinajstić information content (AvgIpc) is 2.65. The van der Waals surface area contributed by atoms with Crippen molar-refractivity contribution in [1.29, 1.82) is 0 Å². The number of hydrogen-bond acceptors (Lipinski definition) is 3. The molecule has 0 saturated carbocycles. The summed E-state index contributed by atoms with van der Waals surface area (Å²) >= 11 is 0. The minimum Gasteiger partial charge on any atom is -0.305 e. The molecule has 98 valence electrons. The van der Waals surface area contributed by atoms with Gasteiger partial charge in [-0.2, -0.15) is 0 Å². The normalized spacial score (nSPS) is 14.8. The summed E-state index contributed by atoms with van der Waals surface area (Å²) < 4.78 is 0. The zero-order valence-electron chi connectivity index (χ0n) is 11.1. The van der Waals surface area contributed by atoms with Crippen molar-refractivity contribution in [3.8, 4) is 11.5 Å². The van der Waals surface area contributed by atoms with Crippen LogP contribution in [-0.4, -0.2) is 15.0 Å². The molecule has 3 rings (SSSR count). The molecule has 0 aliphatic heterocycles. The lowest BCUT2D eigenvalue weighted by Gasteiger charge is -2.07. The maximum atomic E-state index is 12.2. The van der Waals surface area contributed by atoms with E-state index < -0.39 is 0 Å². The molecule has 1 N–H and O–H groups in total. The number of hydrogen-bond donors (Lipinski definition) is 1. The van der Waals surface area contributed by atoms with Crippen LogP contribution in [0, 0.1) is 6.92 Å². The summed E-state index contributed by atoms with van der Waals surface area (Å²) in [5.41, 5.74) is 3.66. The van der Waals surface area contributed by atoms with Gasteiger partial charge in [0, 0.05) is 11.8 Å². The van der Waals surface area contributed by atoms with Gasteiger partial charge in [0.1, 0.15) is 5.69 Å². The molecule has 0 amide bonds. The molecule has 2 aromatic heterocycles. The van der Waals surface area contributed by atoms with Crippen molar-refractivity contribution in [2.24, 2.45) is 0 Å². The third-order valence-electron chi connectivity index (χ3n) is 3.60. The van der Waals surface area contributed by atoms with Crippen LogP contribution in [0.4, 0.5) is 0 Å². The van der Waals surface area contributed by atoms with Gasteiger partial charge < -0.3 is 4.98 Å². The van der Waals surface area contributed by atoms with Crippen molar-refractivity contribution in [1.82, 2.24) is 15.0 Å². The van der Waals surface area contributed by atoms with Gasteiger partial charge in [-0.3, -0.25) is 9.78 Å². The molecule has 0 aromatic carbocycles. The summed E-state index contributed by atoms with van der Waals surface area (Å²) in [5, 5.41) is 0. The van der Waals surface area contributed by atoms with Crippen molar-refractivity contribution in [3.63, 3.8) is 0 Å². The van der Waals surface area contributed by atoms with Crippen molar-refractivity contribution >= 4 is 0 Å². The molecule has 0 bridgehead atoms. The van der Waals surface area contributed by atoms with Gasteiger partial charge in [0.05, 0.1) is 5.69 Å². The lowest BCUT2D eigenvalue weighted by molar-refractivity contribution is 0.708. The molecule has 0 fully saturated rings. The highest BCUT2D eigenvalue weighted by molar-refractivity contribution is 5.49. The van der Waals surface area contributed by atoms with E-state index in [2.05, 4.69) is 15.0 Å². The molecule has 2 heterocycles. The van der Waals surface area contributed by atoms with Gasteiger partial charge >= 0.3 is 0 Å². The smallest absolute Gasteiger partial charge is 0.254 e. The SMILES string of the molecule is Cc1ccc(-c2nc3c(c(=O)[nH]2)CCCCC3)nc1. The van der Waals surface area contributed by atoms with Crippen molar-refractivity contribution < 1.29 is 0 Å². The summed E-state index contributed by atoms with van der Waals surface area (Å²) in [4.78, 5) is 24.0. The van der Waals surface area contributed by atoms with E-state index in [4.69, 9.17) is 0 Å². The number of nitrogens with one attached hydrogen (secondary N) is 1. The first kappa shape index (κ1) is 12.1. The number of aryl methyl sites for hydroxylation is 2. The van der Waals surface area contributed by atoms with Crippen molar-refractivity contribution in [3.05, 3.63) is 45.5 Å². The van der Waals surface area contributed by atoms with Gasteiger partial charge in [-0.15, -0.1) is 0 Å². The Labute approximate surface area is 111 Å². The number of nitrogens with zero attached hydrogens (tertiary/aromatic N) is 2. The van der Waals surface area contributed by atoms with Crippen LogP contribution >= 0.6 is 0 Å². The van der Waals surface area contributed by atoms with E-state index in [9.17, 15) is 4.79 Å². The molecular formula is C15H17N3O. The fourth-order valence-electron chi connectivity index (χ4n) is 2.51. The summed E-state index contributed by atoms with van der Waals surface area (Å²) in [6.07, 6.45) is 6.91. The van der Waals surface area contributed by atoms with Crippen LogP contribution in [0.15, 0.2) is 23.1 Å². The first-order valence-corrected chi connectivity index (χ1v) is 6.79. The predicted molar refractivity (Wildman–Crippen MR) is 74.1 cm³/mol. The lowest BCUT2D eigenvalue weighted by Crippen LogP contribution is -2.18. The van der Waals surface area contributed by atoms with Crippen LogP contribution in [0.25, 0.3) is 11.5 Å². The molecule has 0 radical (unpaired) electrons. The van der Waals surface area contributed by atoms with Crippen molar-refractivity contribution in [2.75, 3.05) is 0 Å². The van der Waals surface area contributed by atoms with E-state index in [1.807, 2.05) is 19.1 Å². The Morgan fingerprint density at radius 1 is 1.16 bits per heavy atom. The van der Waals surface area contributed by atoms with Crippen LogP contribution in [0.3, 0.4) is 0 Å². The highest BCUT2D eigenvalue weighted by Crippen LogP contribution is 2.18. The number of rotatable bonds is 1. The Hall–Kier alpha value is -1.97. The van der Waals surface area contributed by atoms with Gasteiger partial charge in [0.15, 0.2) is 5.82 Å². The first-order valence-electron chi connectivity index (χ1n) is 6.79. The average molecular weight is 255 g/mol. The van der Waals surface area contributed by atoms with E-state index in [0.29, 0.717) is 5.82 Å². The number of aromatic amines is 1.